The third-order valence-corrected chi connectivity index (χ3v) is 3.58. The van der Waals surface area contributed by atoms with Gasteiger partial charge in [-0.1, -0.05) is 44.2 Å². The van der Waals surface area contributed by atoms with Crippen LogP contribution < -0.4 is 5.32 Å². The van der Waals surface area contributed by atoms with E-state index in [2.05, 4.69) is 5.32 Å². The van der Waals surface area contributed by atoms with E-state index in [1.807, 2.05) is 65.0 Å². The van der Waals surface area contributed by atoms with Crippen molar-refractivity contribution in [3.8, 4) is 0 Å². The summed E-state index contributed by atoms with van der Waals surface area (Å²) in [7, 11) is 0. The van der Waals surface area contributed by atoms with Gasteiger partial charge in [-0.05, 0) is 26.3 Å². The van der Waals surface area contributed by atoms with Gasteiger partial charge in [0.2, 0.25) is 0 Å². The van der Waals surface area contributed by atoms with E-state index in [4.69, 9.17) is 9.47 Å². The molecule has 142 valence electrons. The number of amides is 1. The summed E-state index contributed by atoms with van der Waals surface area (Å²) in [5.41, 5.74) is 0.514. The first-order chi connectivity index (χ1) is 11.9. The van der Waals surface area contributed by atoms with Crippen molar-refractivity contribution in [2.24, 2.45) is 0 Å². The maximum Gasteiger partial charge on any atom is 0.407 e. The monoisotopic (exact) mass is 369 g/mol. The summed E-state index contributed by atoms with van der Waals surface area (Å²) in [5, 5.41) is 2.68. The van der Waals surface area contributed by atoms with Crippen molar-refractivity contribution in [3.05, 3.63) is 35.9 Å². The molecule has 1 rings (SSSR count). The molecule has 0 aliphatic heterocycles. The molecular weight excluding hydrogens is 338 g/mol. The fraction of sp³-hybridized carbons (Fsp3) is 0.579. The number of hydrogen-bond acceptors (Lipinski definition) is 5. The van der Waals surface area contributed by atoms with Crippen LogP contribution in [0.15, 0.2) is 30.3 Å². The highest BCUT2D eigenvalue weighted by molar-refractivity contribution is 7.99. The minimum Gasteiger partial charge on any atom is -0.460 e. The largest absolute Gasteiger partial charge is 0.460 e. The van der Waals surface area contributed by atoms with E-state index in [1.54, 1.807) is 11.8 Å². The van der Waals surface area contributed by atoms with Crippen molar-refractivity contribution in [2.75, 3.05) is 18.1 Å². The zero-order chi connectivity index (χ0) is 19.1. The Morgan fingerprint density at radius 2 is 1.72 bits per heavy atom. The minimum atomic E-state index is -0.439. The van der Waals surface area contributed by atoms with Gasteiger partial charge in [0.1, 0.15) is 12.2 Å². The van der Waals surface area contributed by atoms with Crippen LogP contribution in [-0.4, -0.2) is 35.7 Å². The van der Waals surface area contributed by atoms with E-state index in [-0.39, 0.29) is 12.6 Å². The molecule has 0 aliphatic rings. The molecule has 0 saturated heterocycles. The lowest BCUT2D eigenvalue weighted by Gasteiger charge is -2.19. The molecule has 0 heterocycles. The van der Waals surface area contributed by atoms with Gasteiger partial charge in [-0.25, -0.2) is 4.79 Å². The number of alkyl carbamates (subject to hydrolysis) is 1. The number of thioether (sulfide) groups is 1. The lowest BCUT2D eigenvalue weighted by atomic mass is 10.2. The first-order valence-corrected chi connectivity index (χ1v) is 9.76. The summed E-state index contributed by atoms with van der Waals surface area (Å²) in [6.07, 6.45) is -0.0537. The first kappa shape index (κ1) is 23.3. The lowest BCUT2D eigenvalue weighted by Crippen LogP contribution is -2.26. The van der Waals surface area contributed by atoms with Gasteiger partial charge < -0.3 is 14.8 Å². The van der Waals surface area contributed by atoms with E-state index in [9.17, 15) is 9.59 Å². The van der Waals surface area contributed by atoms with Crippen molar-refractivity contribution in [3.63, 3.8) is 0 Å². The van der Waals surface area contributed by atoms with E-state index >= 15 is 0 Å². The molecule has 25 heavy (non-hydrogen) atoms. The molecular formula is C19H31NO4S. The highest BCUT2D eigenvalue weighted by Crippen LogP contribution is 2.10. The zero-order valence-corrected chi connectivity index (χ0v) is 16.8. The van der Waals surface area contributed by atoms with Crippen LogP contribution in [0, 0.1) is 0 Å². The topological polar surface area (TPSA) is 64.6 Å². The average molecular weight is 370 g/mol. The van der Waals surface area contributed by atoms with Crippen molar-refractivity contribution in [2.45, 2.75) is 53.2 Å². The number of esters is 1. The zero-order valence-electron chi connectivity index (χ0n) is 16.0. The van der Waals surface area contributed by atoms with Gasteiger partial charge >= 0.3 is 12.1 Å². The molecule has 0 aliphatic carbocycles. The molecule has 1 amide bonds. The van der Waals surface area contributed by atoms with Crippen molar-refractivity contribution < 1.29 is 19.1 Å². The summed E-state index contributed by atoms with van der Waals surface area (Å²) < 4.78 is 10.3. The van der Waals surface area contributed by atoms with Crippen LogP contribution in [0.25, 0.3) is 0 Å². The van der Waals surface area contributed by atoms with Gasteiger partial charge in [0.25, 0.3) is 0 Å². The molecule has 0 bridgehead atoms. The van der Waals surface area contributed by atoms with Gasteiger partial charge in [0.05, 0.1) is 6.42 Å². The van der Waals surface area contributed by atoms with E-state index in [0.29, 0.717) is 18.7 Å². The average Bonchev–Trinajstić information content (AvgIpc) is 2.57. The Morgan fingerprint density at radius 3 is 2.32 bits per heavy atom. The standard InChI is InChI=1S/C17H25NO4S.C2H6/c1-17(2,3)22-15(19)9-11-23-12-10-18-16(20)21-13-14-7-5-4-6-8-14;1-2/h4-8H,9-13H2,1-3H3,(H,18,20);1-2H3. The van der Waals surface area contributed by atoms with Gasteiger partial charge in [0, 0.05) is 18.1 Å². The highest BCUT2D eigenvalue weighted by atomic mass is 32.2. The summed E-state index contributed by atoms with van der Waals surface area (Å²) in [6.45, 7) is 10.3. The Morgan fingerprint density at radius 1 is 1.08 bits per heavy atom. The Hall–Kier alpha value is -1.69. The molecule has 0 fully saturated rings. The second-order valence-corrected chi connectivity index (χ2v) is 7.16. The highest BCUT2D eigenvalue weighted by Gasteiger charge is 2.15. The van der Waals surface area contributed by atoms with Crippen molar-refractivity contribution in [1.82, 2.24) is 5.32 Å². The fourth-order valence-corrected chi connectivity index (χ4v) is 2.41. The third-order valence-electron chi connectivity index (χ3n) is 2.60. The number of ether oxygens (including phenoxy) is 2. The van der Waals surface area contributed by atoms with Crippen LogP contribution in [0.5, 0.6) is 0 Å². The maximum absolute atomic E-state index is 11.5. The van der Waals surface area contributed by atoms with Crippen LogP contribution in [-0.2, 0) is 20.9 Å². The number of rotatable bonds is 8. The Kier molecular flexibility index (Phi) is 12.7. The predicted molar refractivity (Wildman–Crippen MR) is 104 cm³/mol. The van der Waals surface area contributed by atoms with Crippen LogP contribution in [0.3, 0.4) is 0 Å². The quantitative estimate of drug-likeness (QED) is 0.543. The van der Waals surface area contributed by atoms with Crippen LogP contribution in [0.2, 0.25) is 0 Å². The molecule has 0 aromatic heterocycles. The fourth-order valence-electron chi connectivity index (χ4n) is 1.65. The Balaban J connectivity index is 0.00000277. The molecule has 6 heteroatoms. The molecule has 0 unspecified atom stereocenters. The van der Waals surface area contributed by atoms with Gasteiger partial charge in [-0.3, -0.25) is 4.79 Å². The molecule has 5 nitrogen and oxygen atoms in total. The van der Waals surface area contributed by atoms with E-state index in [0.717, 1.165) is 11.3 Å². The lowest BCUT2D eigenvalue weighted by molar-refractivity contribution is -0.154. The minimum absolute atomic E-state index is 0.194. The number of carbonyl (C=O) groups is 2. The molecule has 1 aromatic rings. The number of benzene rings is 1. The second-order valence-electron chi connectivity index (χ2n) is 5.94. The summed E-state index contributed by atoms with van der Waals surface area (Å²) in [4.78, 5) is 23.0. The number of carbonyl (C=O) groups excluding carboxylic acids is 2. The molecule has 0 radical (unpaired) electrons. The molecule has 0 spiro atoms. The smallest absolute Gasteiger partial charge is 0.407 e. The van der Waals surface area contributed by atoms with Crippen molar-refractivity contribution >= 4 is 23.8 Å². The molecule has 1 N–H and O–H groups in total. The first-order valence-electron chi connectivity index (χ1n) is 8.61. The van der Waals surface area contributed by atoms with Crippen LogP contribution in [0.4, 0.5) is 4.79 Å². The second kappa shape index (κ2) is 13.6. The summed E-state index contributed by atoms with van der Waals surface area (Å²) in [5.74, 6) is 1.21. The molecule has 1 aromatic carbocycles. The molecule has 0 atom stereocenters. The van der Waals surface area contributed by atoms with Gasteiger partial charge in [-0.2, -0.15) is 11.8 Å². The number of hydrogen-bond donors (Lipinski definition) is 1. The van der Waals surface area contributed by atoms with Gasteiger partial charge in [0.15, 0.2) is 0 Å². The Labute approximate surface area is 155 Å². The van der Waals surface area contributed by atoms with Gasteiger partial charge in [-0.15, -0.1) is 0 Å². The van der Waals surface area contributed by atoms with Crippen molar-refractivity contribution in [1.29, 1.82) is 0 Å². The molecule has 0 saturated carbocycles. The Bertz CT molecular complexity index is 486. The maximum atomic E-state index is 11.5. The SMILES string of the molecule is CC.CC(C)(C)OC(=O)CCSCCNC(=O)OCc1ccccc1. The van der Waals surface area contributed by atoms with E-state index in [1.165, 1.54) is 0 Å². The normalized spacial score (nSPS) is 10.3. The summed E-state index contributed by atoms with van der Waals surface area (Å²) in [6, 6.07) is 9.52. The predicted octanol–water partition coefficient (Wildman–Crippen LogP) is 4.40. The number of nitrogens with one attached hydrogen (secondary N) is 1. The summed E-state index contributed by atoms with van der Waals surface area (Å²) >= 11 is 1.59. The van der Waals surface area contributed by atoms with E-state index < -0.39 is 11.7 Å². The van der Waals surface area contributed by atoms with Crippen LogP contribution in [0.1, 0.15) is 46.6 Å². The third kappa shape index (κ3) is 14.4. The van der Waals surface area contributed by atoms with Crippen LogP contribution >= 0.6 is 11.8 Å².